The molecule has 1 aromatic rings. The number of rotatable bonds is 5. The Bertz CT molecular complexity index is 475. The molecular formula is C14H23N3O2S. The van der Waals surface area contributed by atoms with Crippen molar-refractivity contribution in [2.75, 3.05) is 19.7 Å². The molecule has 1 amide bonds. The fourth-order valence-corrected chi connectivity index (χ4v) is 3.61. The number of aromatic nitrogens is 1. The summed E-state index contributed by atoms with van der Waals surface area (Å²) in [6, 6.07) is 0.178. The van der Waals surface area contributed by atoms with Gasteiger partial charge in [-0.2, -0.15) is 0 Å². The van der Waals surface area contributed by atoms with E-state index in [1.54, 1.807) is 0 Å². The van der Waals surface area contributed by atoms with Gasteiger partial charge in [-0.1, -0.05) is 0 Å². The van der Waals surface area contributed by atoms with Crippen molar-refractivity contribution in [3.8, 4) is 0 Å². The molecule has 0 saturated carbocycles. The molecule has 2 N–H and O–H groups in total. The molecule has 2 atom stereocenters. The zero-order valence-corrected chi connectivity index (χ0v) is 13.2. The molecule has 1 fully saturated rings. The summed E-state index contributed by atoms with van der Waals surface area (Å²) in [5, 5.41) is 0.871. The molecule has 0 aromatic carbocycles. The Labute approximate surface area is 124 Å². The molecule has 1 saturated heterocycles. The van der Waals surface area contributed by atoms with Crippen LogP contribution in [-0.2, 0) is 4.74 Å². The first-order chi connectivity index (χ1) is 9.58. The summed E-state index contributed by atoms with van der Waals surface area (Å²) in [6.45, 7) is 7.79. The third-order valence-electron chi connectivity index (χ3n) is 3.68. The Morgan fingerprint density at radius 3 is 3.05 bits per heavy atom. The minimum absolute atomic E-state index is 0.0610. The average molecular weight is 297 g/mol. The predicted molar refractivity (Wildman–Crippen MR) is 80.0 cm³/mol. The highest BCUT2D eigenvalue weighted by atomic mass is 32.1. The molecule has 0 bridgehead atoms. The topological polar surface area (TPSA) is 68.5 Å². The lowest BCUT2D eigenvalue weighted by Gasteiger charge is -2.22. The number of likely N-dealkylation sites (tertiary alicyclic amines) is 1. The van der Waals surface area contributed by atoms with Gasteiger partial charge in [0.25, 0.3) is 5.91 Å². The van der Waals surface area contributed by atoms with Crippen LogP contribution in [0.15, 0.2) is 0 Å². The van der Waals surface area contributed by atoms with Crippen LogP contribution >= 0.6 is 11.3 Å². The first-order valence-corrected chi connectivity index (χ1v) is 8.00. The van der Waals surface area contributed by atoms with E-state index in [0.717, 1.165) is 35.0 Å². The van der Waals surface area contributed by atoms with E-state index >= 15 is 0 Å². The molecule has 0 aliphatic carbocycles. The monoisotopic (exact) mass is 297 g/mol. The molecular weight excluding hydrogens is 274 g/mol. The van der Waals surface area contributed by atoms with Crippen molar-refractivity contribution in [3.05, 3.63) is 15.6 Å². The van der Waals surface area contributed by atoms with Gasteiger partial charge in [0.15, 0.2) is 0 Å². The van der Waals surface area contributed by atoms with Crippen molar-refractivity contribution >= 4 is 17.2 Å². The van der Waals surface area contributed by atoms with Gasteiger partial charge in [0.1, 0.15) is 16.0 Å². The Balaban J connectivity index is 2.18. The lowest BCUT2D eigenvalue weighted by Crippen LogP contribution is -2.39. The molecule has 2 heterocycles. The fourth-order valence-electron chi connectivity index (χ4n) is 2.59. The van der Waals surface area contributed by atoms with Gasteiger partial charge in [-0.15, -0.1) is 11.3 Å². The smallest absolute Gasteiger partial charge is 0.266 e. The SMILES string of the molecule is CCO[C@H](C)c1nc(C)c(C(=O)N2CCC[C@@H]2CN)s1. The Morgan fingerprint density at radius 2 is 2.40 bits per heavy atom. The highest BCUT2D eigenvalue weighted by molar-refractivity contribution is 7.13. The summed E-state index contributed by atoms with van der Waals surface area (Å²) in [7, 11) is 0. The summed E-state index contributed by atoms with van der Waals surface area (Å²) in [6.07, 6.45) is 1.98. The third-order valence-corrected chi connectivity index (χ3v) is 4.99. The second-order valence-electron chi connectivity index (χ2n) is 5.09. The van der Waals surface area contributed by atoms with Gasteiger partial charge in [-0.3, -0.25) is 4.79 Å². The number of carbonyl (C=O) groups is 1. The number of ether oxygens (including phenoxy) is 1. The lowest BCUT2D eigenvalue weighted by molar-refractivity contribution is 0.0744. The molecule has 1 aliphatic heterocycles. The average Bonchev–Trinajstić information content (AvgIpc) is 3.04. The van der Waals surface area contributed by atoms with Gasteiger partial charge < -0.3 is 15.4 Å². The van der Waals surface area contributed by atoms with Crippen LogP contribution in [0.2, 0.25) is 0 Å². The van der Waals surface area contributed by atoms with E-state index in [0.29, 0.717) is 13.2 Å². The molecule has 0 radical (unpaired) electrons. The zero-order valence-electron chi connectivity index (χ0n) is 12.4. The summed E-state index contributed by atoms with van der Waals surface area (Å²) in [4.78, 5) is 19.7. The van der Waals surface area contributed by atoms with Gasteiger partial charge in [-0.05, 0) is 33.6 Å². The van der Waals surface area contributed by atoms with Crippen molar-refractivity contribution in [2.45, 2.75) is 45.8 Å². The predicted octanol–water partition coefficient (Wildman–Crippen LogP) is 2.11. The Kier molecular flexibility index (Phi) is 5.12. The van der Waals surface area contributed by atoms with Gasteiger partial charge in [0.05, 0.1) is 5.69 Å². The van der Waals surface area contributed by atoms with E-state index in [4.69, 9.17) is 10.5 Å². The van der Waals surface area contributed by atoms with Gasteiger partial charge >= 0.3 is 0 Å². The van der Waals surface area contributed by atoms with Crippen molar-refractivity contribution < 1.29 is 9.53 Å². The van der Waals surface area contributed by atoms with Crippen LogP contribution in [0.25, 0.3) is 0 Å². The number of thiazole rings is 1. The van der Waals surface area contributed by atoms with E-state index in [9.17, 15) is 4.79 Å². The number of amides is 1. The van der Waals surface area contributed by atoms with E-state index in [-0.39, 0.29) is 18.1 Å². The highest BCUT2D eigenvalue weighted by Gasteiger charge is 2.31. The van der Waals surface area contributed by atoms with Crippen LogP contribution in [0.4, 0.5) is 0 Å². The van der Waals surface area contributed by atoms with E-state index in [2.05, 4.69) is 4.98 Å². The maximum Gasteiger partial charge on any atom is 0.266 e. The molecule has 5 nitrogen and oxygen atoms in total. The van der Waals surface area contributed by atoms with Gasteiger partial charge in [-0.25, -0.2) is 4.98 Å². The van der Waals surface area contributed by atoms with Gasteiger partial charge in [0.2, 0.25) is 0 Å². The minimum atomic E-state index is -0.0610. The van der Waals surface area contributed by atoms with Crippen LogP contribution in [0.1, 0.15) is 53.2 Å². The molecule has 1 aliphatic rings. The number of nitrogens with two attached hydrogens (primary N) is 1. The molecule has 20 heavy (non-hydrogen) atoms. The molecule has 112 valence electrons. The van der Waals surface area contributed by atoms with Crippen LogP contribution in [-0.4, -0.2) is 41.5 Å². The molecule has 1 aromatic heterocycles. The third kappa shape index (κ3) is 3.02. The Morgan fingerprint density at radius 1 is 1.65 bits per heavy atom. The van der Waals surface area contributed by atoms with Crippen molar-refractivity contribution in [1.82, 2.24) is 9.88 Å². The van der Waals surface area contributed by atoms with Crippen molar-refractivity contribution in [3.63, 3.8) is 0 Å². The summed E-state index contributed by atoms with van der Waals surface area (Å²) in [5.74, 6) is 0.0721. The highest BCUT2D eigenvalue weighted by Crippen LogP contribution is 2.28. The minimum Gasteiger partial charge on any atom is -0.372 e. The molecule has 6 heteroatoms. The first-order valence-electron chi connectivity index (χ1n) is 7.18. The summed E-state index contributed by atoms with van der Waals surface area (Å²) >= 11 is 1.45. The van der Waals surface area contributed by atoms with Crippen molar-refractivity contribution in [2.24, 2.45) is 5.73 Å². The first kappa shape index (κ1) is 15.4. The largest absolute Gasteiger partial charge is 0.372 e. The van der Waals surface area contributed by atoms with Crippen LogP contribution < -0.4 is 5.73 Å². The number of nitrogens with zero attached hydrogens (tertiary/aromatic N) is 2. The van der Waals surface area contributed by atoms with E-state index in [1.165, 1.54) is 11.3 Å². The van der Waals surface area contributed by atoms with Crippen LogP contribution in [0.5, 0.6) is 0 Å². The molecule has 0 unspecified atom stereocenters. The number of carbonyl (C=O) groups excluding carboxylic acids is 1. The zero-order chi connectivity index (χ0) is 14.7. The second kappa shape index (κ2) is 6.65. The van der Waals surface area contributed by atoms with Crippen LogP contribution in [0.3, 0.4) is 0 Å². The standard InChI is InChI=1S/C14H23N3O2S/c1-4-19-10(3)13-16-9(2)12(20-13)14(18)17-7-5-6-11(17)8-15/h10-11H,4-8,15H2,1-3H3/t10-,11-/m1/s1. The number of hydrogen-bond donors (Lipinski definition) is 1. The van der Waals surface area contributed by atoms with Gasteiger partial charge in [0, 0.05) is 25.7 Å². The van der Waals surface area contributed by atoms with Crippen molar-refractivity contribution in [1.29, 1.82) is 0 Å². The Hall–Kier alpha value is -0.980. The summed E-state index contributed by atoms with van der Waals surface area (Å²) < 4.78 is 5.55. The normalized spacial score (nSPS) is 20.4. The molecule has 0 spiro atoms. The van der Waals surface area contributed by atoms with E-state index in [1.807, 2.05) is 25.7 Å². The number of aryl methyl sites for hydroxylation is 1. The fraction of sp³-hybridized carbons (Fsp3) is 0.714. The lowest BCUT2D eigenvalue weighted by atomic mass is 10.2. The maximum absolute atomic E-state index is 12.6. The molecule has 2 rings (SSSR count). The quantitative estimate of drug-likeness (QED) is 0.904. The summed E-state index contributed by atoms with van der Waals surface area (Å²) in [5.41, 5.74) is 6.54. The van der Waals surface area contributed by atoms with Crippen LogP contribution in [0, 0.1) is 6.92 Å². The number of hydrogen-bond acceptors (Lipinski definition) is 5. The maximum atomic E-state index is 12.6. The van der Waals surface area contributed by atoms with E-state index < -0.39 is 0 Å². The second-order valence-corrected chi connectivity index (χ2v) is 6.13.